The third-order valence-electron chi connectivity index (χ3n) is 3.60. The van der Waals surface area contributed by atoms with Gasteiger partial charge in [-0.1, -0.05) is 25.1 Å². The molecule has 1 heterocycles. The summed E-state index contributed by atoms with van der Waals surface area (Å²) in [5.41, 5.74) is 0. The summed E-state index contributed by atoms with van der Waals surface area (Å²) in [5, 5.41) is 3.00. The molecule has 4 heteroatoms. The van der Waals surface area contributed by atoms with Crippen molar-refractivity contribution in [2.75, 3.05) is 26.4 Å². The van der Waals surface area contributed by atoms with Crippen molar-refractivity contribution in [3.63, 3.8) is 0 Å². The molecule has 2 atom stereocenters. The average molecular weight is 277 g/mol. The van der Waals surface area contributed by atoms with Crippen LogP contribution in [0.15, 0.2) is 30.3 Å². The molecule has 1 saturated heterocycles. The fourth-order valence-electron chi connectivity index (χ4n) is 2.16. The zero-order chi connectivity index (χ0) is 14.2. The predicted octanol–water partition coefficient (Wildman–Crippen LogP) is 2.24. The van der Waals surface area contributed by atoms with Crippen molar-refractivity contribution in [2.45, 2.75) is 19.8 Å². The maximum Gasteiger partial charge on any atom is 0.222 e. The molecule has 0 bridgehead atoms. The van der Waals surface area contributed by atoms with Gasteiger partial charge < -0.3 is 14.8 Å². The van der Waals surface area contributed by atoms with Gasteiger partial charge in [0.15, 0.2) is 0 Å². The zero-order valence-electron chi connectivity index (χ0n) is 12.0. The number of rotatable bonds is 7. The van der Waals surface area contributed by atoms with Crippen LogP contribution in [0, 0.1) is 11.8 Å². The minimum atomic E-state index is -0.0268. The Hall–Kier alpha value is -1.55. The van der Waals surface area contributed by atoms with Crippen molar-refractivity contribution in [1.82, 2.24) is 5.32 Å². The number of hydrogen-bond donors (Lipinski definition) is 1. The Labute approximate surface area is 120 Å². The molecule has 2 rings (SSSR count). The molecule has 20 heavy (non-hydrogen) atoms. The summed E-state index contributed by atoms with van der Waals surface area (Å²) < 4.78 is 10.9. The summed E-state index contributed by atoms with van der Waals surface area (Å²) in [5.74, 6) is 1.41. The van der Waals surface area contributed by atoms with Crippen LogP contribution in [-0.2, 0) is 9.53 Å². The van der Waals surface area contributed by atoms with E-state index in [2.05, 4.69) is 5.32 Å². The molecule has 110 valence electrons. The van der Waals surface area contributed by atoms with Crippen LogP contribution in [0.5, 0.6) is 5.75 Å². The molecule has 1 aromatic rings. The van der Waals surface area contributed by atoms with Gasteiger partial charge in [0.2, 0.25) is 5.91 Å². The van der Waals surface area contributed by atoms with Gasteiger partial charge in [0.25, 0.3) is 0 Å². The molecule has 1 aliphatic rings. The second-order valence-corrected chi connectivity index (χ2v) is 5.33. The summed E-state index contributed by atoms with van der Waals surface area (Å²) in [6.45, 7) is 4.81. The highest BCUT2D eigenvalue weighted by atomic mass is 16.5. The van der Waals surface area contributed by atoms with Crippen molar-refractivity contribution in [3.8, 4) is 5.75 Å². The number of nitrogens with one attached hydrogen (secondary N) is 1. The van der Waals surface area contributed by atoms with E-state index in [4.69, 9.17) is 9.47 Å². The van der Waals surface area contributed by atoms with E-state index in [1.807, 2.05) is 37.3 Å². The Morgan fingerprint density at radius 1 is 1.45 bits per heavy atom. The van der Waals surface area contributed by atoms with Crippen LogP contribution in [-0.4, -0.2) is 32.3 Å². The highest BCUT2D eigenvalue weighted by Crippen LogP contribution is 2.12. The first kappa shape index (κ1) is 14.9. The Morgan fingerprint density at radius 2 is 2.25 bits per heavy atom. The van der Waals surface area contributed by atoms with E-state index in [0.29, 0.717) is 12.5 Å². The summed E-state index contributed by atoms with van der Waals surface area (Å²) in [6, 6.07) is 9.68. The zero-order valence-corrected chi connectivity index (χ0v) is 12.0. The van der Waals surface area contributed by atoms with Gasteiger partial charge in [0, 0.05) is 25.0 Å². The number of benzene rings is 1. The Balaban J connectivity index is 1.61. The highest BCUT2D eigenvalue weighted by molar-refractivity contribution is 5.78. The van der Waals surface area contributed by atoms with E-state index in [0.717, 1.165) is 38.3 Å². The minimum absolute atomic E-state index is 0.0268. The smallest absolute Gasteiger partial charge is 0.222 e. The van der Waals surface area contributed by atoms with Crippen LogP contribution in [0.2, 0.25) is 0 Å². The molecule has 1 amide bonds. The van der Waals surface area contributed by atoms with Gasteiger partial charge in [-0.2, -0.15) is 0 Å². The van der Waals surface area contributed by atoms with Gasteiger partial charge in [-0.15, -0.1) is 0 Å². The quantitative estimate of drug-likeness (QED) is 0.831. The van der Waals surface area contributed by atoms with Crippen LogP contribution in [0.4, 0.5) is 0 Å². The molecule has 1 fully saturated rings. The Bertz CT molecular complexity index is 401. The molecule has 1 aromatic carbocycles. The molecule has 2 unspecified atom stereocenters. The van der Waals surface area contributed by atoms with Gasteiger partial charge in [-0.3, -0.25) is 4.79 Å². The molecule has 0 spiro atoms. The topological polar surface area (TPSA) is 47.6 Å². The number of ether oxygens (including phenoxy) is 2. The van der Waals surface area contributed by atoms with Gasteiger partial charge >= 0.3 is 0 Å². The van der Waals surface area contributed by atoms with E-state index in [-0.39, 0.29) is 11.8 Å². The van der Waals surface area contributed by atoms with E-state index in [1.165, 1.54) is 0 Å². The first-order valence-corrected chi connectivity index (χ1v) is 7.29. The number of carbonyl (C=O) groups excluding carboxylic acids is 1. The first-order valence-electron chi connectivity index (χ1n) is 7.29. The van der Waals surface area contributed by atoms with Gasteiger partial charge in [-0.25, -0.2) is 0 Å². The molecule has 1 N–H and O–H groups in total. The van der Waals surface area contributed by atoms with E-state index in [9.17, 15) is 4.79 Å². The van der Waals surface area contributed by atoms with Crippen LogP contribution in [0.25, 0.3) is 0 Å². The standard InChI is InChI=1S/C16H23NO3/c1-13(7-10-20-15-5-3-2-4-6-15)16(18)17-11-14-8-9-19-12-14/h2-6,13-14H,7-12H2,1H3,(H,17,18). The van der Waals surface area contributed by atoms with Crippen LogP contribution < -0.4 is 10.1 Å². The van der Waals surface area contributed by atoms with Crippen LogP contribution in [0.3, 0.4) is 0 Å². The summed E-state index contributed by atoms with van der Waals surface area (Å²) in [4.78, 5) is 11.9. The van der Waals surface area contributed by atoms with E-state index < -0.39 is 0 Å². The molecule has 4 nitrogen and oxygen atoms in total. The molecule has 1 aliphatic heterocycles. The average Bonchev–Trinajstić information content (AvgIpc) is 2.99. The maximum absolute atomic E-state index is 11.9. The van der Waals surface area contributed by atoms with Gasteiger partial charge in [0.1, 0.15) is 5.75 Å². The molecule has 0 radical (unpaired) electrons. The molecule has 0 aliphatic carbocycles. The molecular formula is C16H23NO3. The summed E-state index contributed by atoms with van der Waals surface area (Å²) in [7, 11) is 0. The number of para-hydroxylation sites is 1. The molecule has 0 aromatic heterocycles. The van der Waals surface area contributed by atoms with Gasteiger partial charge in [-0.05, 0) is 25.0 Å². The highest BCUT2D eigenvalue weighted by Gasteiger charge is 2.18. The van der Waals surface area contributed by atoms with E-state index in [1.54, 1.807) is 0 Å². The fraction of sp³-hybridized carbons (Fsp3) is 0.562. The third-order valence-corrected chi connectivity index (χ3v) is 3.60. The normalized spacial score (nSPS) is 19.6. The van der Waals surface area contributed by atoms with Crippen LogP contribution in [0.1, 0.15) is 19.8 Å². The Morgan fingerprint density at radius 3 is 2.95 bits per heavy atom. The monoisotopic (exact) mass is 277 g/mol. The number of hydrogen-bond acceptors (Lipinski definition) is 3. The SMILES string of the molecule is CC(CCOc1ccccc1)C(=O)NCC1CCOC1. The lowest BCUT2D eigenvalue weighted by atomic mass is 10.1. The number of amides is 1. The minimum Gasteiger partial charge on any atom is -0.494 e. The van der Waals surface area contributed by atoms with Crippen molar-refractivity contribution >= 4 is 5.91 Å². The van der Waals surface area contributed by atoms with Crippen molar-refractivity contribution in [2.24, 2.45) is 11.8 Å². The lowest BCUT2D eigenvalue weighted by molar-refractivity contribution is -0.125. The summed E-state index contributed by atoms with van der Waals surface area (Å²) in [6.07, 6.45) is 1.77. The lowest BCUT2D eigenvalue weighted by Gasteiger charge is -2.14. The fourth-order valence-corrected chi connectivity index (χ4v) is 2.16. The van der Waals surface area contributed by atoms with Crippen molar-refractivity contribution in [1.29, 1.82) is 0 Å². The second kappa shape index (κ2) is 7.90. The summed E-state index contributed by atoms with van der Waals surface area (Å²) >= 11 is 0. The molecular weight excluding hydrogens is 254 g/mol. The van der Waals surface area contributed by atoms with Gasteiger partial charge in [0.05, 0.1) is 13.2 Å². The predicted molar refractivity (Wildman–Crippen MR) is 77.7 cm³/mol. The van der Waals surface area contributed by atoms with Crippen molar-refractivity contribution in [3.05, 3.63) is 30.3 Å². The van der Waals surface area contributed by atoms with Crippen LogP contribution >= 0.6 is 0 Å². The maximum atomic E-state index is 11.9. The lowest BCUT2D eigenvalue weighted by Crippen LogP contribution is -2.34. The van der Waals surface area contributed by atoms with E-state index >= 15 is 0 Å². The second-order valence-electron chi connectivity index (χ2n) is 5.33. The third kappa shape index (κ3) is 4.85. The van der Waals surface area contributed by atoms with Crippen molar-refractivity contribution < 1.29 is 14.3 Å². The Kier molecular flexibility index (Phi) is 5.87. The first-order chi connectivity index (χ1) is 9.75. The largest absolute Gasteiger partial charge is 0.494 e. The number of carbonyl (C=O) groups is 1. The molecule has 0 saturated carbocycles.